The second kappa shape index (κ2) is 7.84. The van der Waals surface area contributed by atoms with Crippen LogP contribution in [-0.4, -0.2) is 26.1 Å². The molecular formula is C17H19N3O3. The van der Waals surface area contributed by atoms with Crippen molar-refractivity contribution in [2.75, 3.05) is 19.5 Å². The van der Waals surface area contributed by atoms with E-state index in [1.807, 2.05) is 24.3 Å². The lowest BCUT2D eigenvalue weighted by molar-refractivity contribution is 0.0963. The number of amides is 3. The molecule has 0 saturated heterocycles. The van der Waals surface area contributed by atoms with Crippen LogP contribution in [0.15, 0.2) is 48.5 Å². The van der Waals surface area contributed by atoms with E-state index < -0.39 is 0 Å². The lowest BCUT2D eigenvalue weighted by Gasteiger charge is -2.09. The fraction of sp³-hybridized carbons (Fsp3) is 0.176. The lowest BCUT2D eigenvalue weighted by atomic mass is 10.2. The topological polar surface area (TPSA) is 79.5 Å². The minimum atomic E-state index is -0.345. The van der Waals surface area contributed by atoms with Gasteiger partial charge in [-0.25, -0.2) is 4.79 Å². The molecule has 0 saturated carbocycles. The van der Waals surface area contributed by atoms with E-state index in [0.29, 0.717) is 17.8 Å². The van der Waals surface area contributed by atoms with Gasteiger partial charge < -0.3 is 20.7 Å². The van der Waals surface area contributed by atoms with Crippen molar-refractivity contribution < 1.29 is 14.3 Å². The summed E-state index contributed by atoms with van der Waals surface area (Å²) in [5.41, 5.74) is 1.96. The smallest absolute Gasteiger partial charge is 0.319 e. The van der Waals surface area contributed by atoms with Crippen LogP contribution in [0.4, 0.5) is 10.5 Å². The summed E-state index contributed by atoms with van der Waals surface area (Å²) in [6.45, 7) is 0.373. The number of rotatable bonds is 5. The van der Waals surface area contributed by atoms with Gasteiger partial charge in [0.15, 0.2) is 0 Å². The van der Waals surface area contributed by atoms with E-state index in [2.05, 4.69) is 16.0 Å². The number of nitrogens with one attached hydrogen (secondary N) is 3. The summed E-state index contributed by atoms with van der Waals surface area (Å²) in [6, 6.07) is 13.8. The Bertz CT molecular complexity index is 701. The summed E-state index contributed by atoms with van der Waals surface area (Å²) >= 11 is 0. The van der Waals surface area contributed by atoms with Crippen LogP contribution in [0.5, 0.6) is 5.75 Å². The van der Waals surface area contributed by atoms with E-state index in [1.165, 1.54) is 0 Å². The molecule has 2 aromatic rings. The maximum absolute atomic E-state index is 11.9. The van der Waals surface area contributed by atoms with Crippen molar-refractivity contribution in [3.8, 4) is 5.75 Å². The van der Waals surface area contributed by atoms with Gasteiger partial charge in [-0.15, -0.1) is 0 Å². The van der Waals surface area contributed by atoms with Crippen LogP contribution in [0, 0.1) is 0 Å². The van der Waals surface area contributed by atoms with Crippen molar-refractivity contribution in [1.82, 2.24) is 10.6 Å². The number of urea groups is 1. The first kappa shape index (κ1) is 16.4. The molecule has 0 fully saturated rings. The van der Waals surface area contributed by atoms with E-state index in [-0.39, 0.29) is 11.9 Å². The second-order valence-electron chi connectivity index (χ2n) is 4.82. The van der Waals surface area contributed by atoms with Crippen LogP contribution >= 0.6 is 0 Å². The van der Waals surface area contributed by atoms with E-state index in [0.717, 1.165) is 11.3 Å². The van der Waals surface area contributed by atoms with Crippen LogP contribution in [0.3, 0.4) is 0 Å². The molecule has 0 aliphatic heterocycles. The van der Waals surface area contributed by atoms with Crippen LogP contribution in [-0.2, 0) is 6.54 Å². The zero-order valence-electron chi connectivity index (χ0n) is 13.1. The van der Waals surface area contributed by atoms with Gasteiger partial charge >= 0.3 is 6.03 Å². The molecule has 23 heavy (non-hydrogen) atoms. The van der Waals surface area contributed by atoms with E-state index in [1.54, 1.807) is 38.4 Å². The van der Waals surface area contributed by atoms with E-state index in [9.17, 15) is 9.59 Å². The van der Waals surface area contributed by atoms with Gasteiger partial charge in [-0.3, -0.25) is 4.79 Å². The van der Waals surface area contributed by atoms with Crippen molar-refractivity contribution in [2.45, 2.75) is 6.54 Å². The Balaban J connectivity index is 1.93. The number of ether oxygens (including phenoxy) is 1. The normalized spacial score (nSPS) is 9.83. The number of carbonyl (C=O) groups is 2. The predicted molar refractivity (Wildman–Crippen MR) is 88.7 cm³/mol. The Labute approximate surface area is 134 Å². The summed E-state index contributed by atoms with van der Waals surface area (Å²) in [4.78, 5) is 23.5. The molecule has 6 heteroatoms. The average molecular weight is 313 g/mol. The largest absolute Gasteiger partial charge is 0.497 e. The Morgan fingerprint density at radius 3 is 2.61 bits per heavy atom. The van der Waals surface area contributed by atoms with Crippen LogP contribution in [0.1, 0.15) is 15.9 Å². The van der Waals surface area contributed by atoms with E-state index in [4.69, 9.17) is 4.74 Å². The number of benzene rings is 2. The fourth-order valence-electron chi connectivity index (χ4n) is 2.02. The molecule has 2 aromatic carbocycles. The predicted octanol–water partition coefficient (Wildman–Crippen LogP) is 2.38. The highest BCUT2D eigenvalue weighted by molar-refractivity contribution is 5.96. The van der Waals surface area contributed by atoms with Crippen molar-refractivity contribution in [1.29, 1.82) is 0 Å². The van der Waals surface area contributed by atoms with Gasteiger partial charge in [0, 0.05) is 24.8 Å². The Kier molecular flexibility index (Phi) is 5.57. The Hall–Kier alpha value is -3.02. The zero-order chi connectivity index (χ0) is 16.7. The number of hydrogen-bond acceptors (Lipinski definition) is 3. The van der Waals surface area contributed by atoms with Gasteiger partial charge in [0.1, 0.15) is 5.75 Å². The minimum absolute atomic E-state index is 0.203. The zero-order valence-corrected chi connectivity index (χ0v) is 13.1. The number of carbonyl (C=O) groups excluding carboxylic acids is 2. The molecule has 0 atom stereocenters. The molecule has 2 rings (SSSR count). The molecule has 0 unspecified atom stereocenters. The third-order valence-corrected chi connectivity index (χ3v) is 3.20. The molecule has 0 aromatic heterocycles. The van der Waals surface area contributed by atoms with Crippen molar-refractivity contribution in [3.63, 3.8) is 0 Å². The highest BCUT2D eigenvalue weighted by Crippen LogP contribution is 2.13. The standard InChI is InChI=1S/C17H19N3O3/c1-18-16(21)13-6-4-7-14(10-13)20-17(22)19-11-12-5-3-8-15(9-12)23-2/h3-10H,11H2,1-2H3,(H,18,21)(H2,19,20,22). The first-order chi connectivity index (χ1) is 11.1. The maximum Gasteiger partial charge on any atom is 0.319 e. The van der Waals surface area contributed by atoms with Crippen LogP contribution in [0.2, 0.25) is 0 Å². The molecular weight excluding hydrogens is 294 g/mol. The van der Waals surface area contributed by atoms with Gasteiger partial charge in [0.2, 0.25) is 0 Å². The van der Waals surface area contributed by atoms with Gasteiger partial charge in [-0.1, -0.05) is 18.2 Å². The van der Waals surface area contributed by atoms with Crippen LogP contribution < -0.4 is 20.7 Å². The third kappa shape index (κ3) is 4.74. The first-order valence-electron chi connectivity index (χ1n) is 7.12. The Morgan fingerprint density at radius 1 is 1.09 bits per heavy atom. The van der Waals surface area contributed by atoms with Crippen LogP contribution in [0.25, 0.3) is 0 Å². The average Bonchev–Trinajstić information content (AvgIpc) is 2.59. The number of hydrogen-bond donors (Lipinski definition) is 3. The van der Waals surface area contributed by atoms with Gasteiger partial charge in [-0.2, -0.15) is 0 Å². The SMILES string of the molecule is CNC(=O)c1cccc(NC(=O)NCc2cccc(OC)c2)c1. The van der Waals surface area contributed by atoms with Gasteiger partial charge in [0.05, 0.1) is 7.11 Å². The van der Waals surface area contributed by atoms with E-state index >= 15 is 0 Å². The summed E-state index contributed by atoms with van der Waals surface area (Å²) in [6.07, 6.45) is 0. The molecule has 0 bridgehead atoms. The highest BCUT2D eigenvalue weighted by atomic mass is 16.5. The molecule has 3 N–H and O–H groups in total. The highest BCUT2D eigenvalue weighted by Gasteiger charge is 2.06. The fourth-order valence-corrected chi connectivity index (χ4v) is 2.02. The first-order valence-corrected chi connectivity index (χ1v) is 7.12. The molecule has 6 nitrogen and oxygen atoms in total. The monoisotopic (exact) mass is 313 g/mol. The summed E-state index contributed by atoms with van der Waals surface area (Å²) in [7, 11) is 3.15. The van der Waals surface area contributed by atoms with Gasteiger partial charge in [0.25, 0.3) is 5.91 Å². The molecule has 0 spiro atoms. The lowest BCUT2D eigenvalue weighted by Crippen LogP contribution is -2.28. The molecule has 0 aliphatic carbocycles. The number of methoxy groups -OCH3 is 1. The summed E-state index contributed by atoms with van der Waals surface area (Å²) < 4.78 is 5.14. The Morgan fingerprint density at radius 2 is 1.87 bits per heavy atom. The molecule has 120 valence electrons. The second-order valence-corrected chi connectivity index (χ2v) is 4.82. The van der Waals surface area contributed by atoms with Crippen molar-refractivity contribution >= 4 is 17.6 Å². The molecule has 0 radical (unpaired) electrons. The van der Waals surface area contributed by atoms with Crippen molar-refractivity contribution in [2.24, 2.45) is 0 Å². The minimum Gasteiger partial charge on any atom is -0.497 e. The quantitative estimate of drug-likeness (QED) is 0.793. The maximum atomic E-state index is 11.9. The van der Waals surface area contributed by atoms with Gasteiger partial charge in [-0.05, 0) is 35.9 Å². The van der Waals surface area contributed by atoms with Crippen molar-refractivity contribution in [3.05, 3.63) is 59.7 Å². The third-order valence-electron chi connectivity index (χ3n) is 3.20. The number of anilines is 1. The summed E-state index contributed by atoms with van der Waals surface area (Å²) in [5.74, 6) is 0.536. The summed E-state index contributed by atoms with van der Waals surface area (Å²) in [5, 5.41) is 7.99. The molecule has 0 heterocycles. The molecule has 3 amide bonds. The molecule has 0 aliphatic rings.